The summed E-state index contributed by atoms with van der Waals surface area (Å²) in [5, 5.41) is 13.7. The van der Waals surface area contributed by atoms with Crippen LogP contribution in [-0.2, 0) is 6.18 Å². The van der Waals surface area contributed by atoms with Gasteiger partial charge in [-0.2, -0.15) is 13.2 Å². The number of nitrogens with zero attached hydrogens (tertiary/aromatic N) is 2. The zero-order valence-corrected chi connectivity index (χ0v) is 18.7. The first kappa shape index (κ1) is 23.1. The Hall–Kier alpha value is -3.03. The summed E-state index contributed by atoms with van der Waals surface area (Å²) in [6, 6.07) is 20.6. The van der Waals surface area contributed by atoms with Crippen molar-refractivity contribution in [1.82, 2.24) is 4.90 Å². The maximum Gasteiger partial charge on any atom is 0.416 e. The zero-order chi connectivity index (χ0) is 23.6. The highest BCUT2D eigenvalue weighted by atomic mass is 19.4. The molecule has 1 heterocycles. The van der Waals surface area contributed by atoms with Gasteiger partial charge in [0, 0.05) is 36.1 Å². The third-order valence-electron chi connectivity index (χ3n) is 6.18. The number of likely N-dealkylation sites (N-methyl/N-ethyl adjacent to an activating group) is 1. The average molecular weight is 456 g/mol. The van der Waals surface area contributed by atoms with Gasteiger partial charge in [0.05, 0.1) is 5.56 Å². The minimum atomic E-state index is -4.38. The van der Waals surface area contributed by atoms with Gasteiger partial charge in [0.2, 0.25) is 0 Å². The van der Waals surface area contributed by atoms with Gasteiger partial charge in [0.25, 0.3) is 0 Å². The highest BCUT2D eigenvalue weighted by Gasteiger charge is 2.30. The van der Waals surface area contributed by atoms with Gasteiger partial charge in [0.1, 0.15) is 0 Å². The number of anilines is 2. The third-order valence-corrected chi connectivity index (χ3v) is 6.18. The molecule has 3 aromatic carbocycles. The number of alkyl halides is 3. The Kier molecular flexibility index (Phi) is 6.63. The molecule has 0 spiro atoms. The number of hydrogen-bond donors (Lipinski definition) is 2. The van der Waals surface area contributed by atoms with Gasteiger partial charge in [-0.05, 0) is 68.0 Å². The molecular weight excluding hydrogens is 427 g/mol. The molecule has 4 rings (SSSR count). The Morgan fingerprint density at radius 2 is 1.67 bits per heavy atom. The van der Waals surface area contributed by atoms with E-state index in [0.29, 0.717) is 22.7 Å². The van der Waals surface area contributed by atoms with E-state index >= 15 is 0 Å². The first-order chi connectivity index (χ1) is 15.7. The monoisotopic (exact) mass is 455 g/mol. The number of aliphatic hydroxyl groups is 1. The first-order valence-corrected chi connectivity index (χ1v) is 10.9. The summed E-state index contributed by atoms with van der Waals surface area (Å²) in [6.07, 6.45) is -4.17. The van der Waals surface area contributed by atoms with Gasteiger partial charge in [-0.3, -0.25) is 0 Å². The number of hydrogen-bond acceptors (Lipinski definition) is 4. The SMILES string of the molecule is CN(C)C1CCN(c2ccc(NC(O)c3ccc(-c4cccc(C(F)(F)F)c4)cc3)cc2)C1. The van der Waals surface area contributed by atoms with Crippen LogP contribution in [0.25, 0.3) is 11.1 Å². The first-order valence-electron chi connectivity index (χ1n) is 10.9. The van der Waals surface area contributed by atoms with Crippen LogP contribution in [0.15, 0.2) is 72.8 Å². The second kappa shape index (κ2) is 9.45. The molecule has 0 aromatic heterocycles. The lowest BCUT2D eigenvalue weighted by Crippen LogP contribution is -2.31. The lowest BCUT2D eigenvalue weighted by molar-refractivity contribution is -0.137. The third kappa shape index (κ3) is 5.49. The van der Waals surface area contributed by atoms with Crippen LogP contribution in [0.4, 0.5) is 24.5 Å². The fourth-order valence-electron chi connectivity index (χ4n) is 4.14. The molecule has 0 amide bonds. The topological polar surface area (TPSA) is 38.7 Å². The number of aliphatic hydroxyl groups excluding tert-OH is 1. The predicted octanol–water partition coefficient (Wildman–Crippen LogP) is 5.62. The molecule has 0 radical (unpaired) electrons. The Morgan fingerprint density at radius 3 is 2.27 bits per heavy atom. The van der Waals surface area contributed by atoms with Crippen molar-refractivity contribution >= 4 is 11.4 Å². The molecule has 0 aliphatic carbocycles. The van der Waals surface area contributed by atoms with E-state index < -0.39 is 18.0 Å². The average Bonchev–Trinajstić information content (AvgIpc) is 3.30. The Bertz CT molecular complexity index is 1070. The van der Waals surface area contributed by atoms with Crippen molar-refractivity contribution in [2.45, 2.75) is 24.9 Å². The van der Waals surface area contributed by atoms with Crippen molar-refractivity contribution in [2.24, 2.45) is 0 Å². The molecule has 3 aromatic rings. The van der Waals surface area contributed by atoms with Crippen molar-refractivity contribution in [3.05, 3.63) is 83.9 Å². The highest BCUT2D eigenvalue weighted by molar-refractivity contribution is 5.65. The Labute approximate surface area is 192 Å². The largest absolute Gasteiger partial charge is 0.416 e. The summed E-state index contributed by atoms with van der Waals surface area (Å²) in [7, 11) is 4.21. The van der Waals surface area contributed by atoms with E-state index in [1.54, 1.807) is 30.3 Å². The van der Waals surface area contributed by atoms with Crippen molar-refractivity contribution in [1.29, 1.82) is 0 Å². The Morgan fingerprint density at radius 1 is 0.970 bits per heavy atom. The predicted molar refractivity (Wildman–Crippen MR) is 126 cm³/mol. The van der Waals surface area contributed by atoms with Crippen LogP contribution in [0.5, 0.6) is 0 Å². The van der Waals surface area contributed by atoms with Crippen LogP contribution in [0, 0.1) is 0 Å². The summed E-state index contributed by atoms with van der Waals surface area (Å²) in [5.74, 6) is 0. The molecule has 0 bridgehead atoms. The van der Waals surface area contributed by atoms with Gasteiger partial charge >= 0.3 is 6.18 Å². The van der Waals surface area contributed by atoms with E-state index in [1.807, 2.05) is 24.3 Å². The lowest BCUT2D eigenvalue weighted by Gasteiger charge is -2.22. The van der Waals surface area contributed by atoms with Crippen LogP contribution >= 0.6 is 0 Å². The van der Waals surface area contributed by atoms with E-state index in [9.17, 15) is 18.3 Å². The van der Waals surface area contributed by atoms with E-state index in [0.717, 1.165) is 43.0 Å². The maximum absolute atomic E-state index is 13.0. The van der Waals surface area contributed by atoms with Crippen molar-refractivity contribution < 1.29 is 18.3 Å². The van der Waals surface area contributed by atoms with Crippen LogP contribution < -0.4 is 10.2 Å². The number of halogens is 3. The molecule has 2 atom stereocenters. The summed E-state index contributed by atoms with van der Waals surface area (Å²) >= 11 is 0. The zero-order valence-electron chi connectivity index (χ0n) is 18.7. The molecule has 33 heavy (non-hydrogen) atoms. The summed E-state index contributed by atoms with van der Waals surface area (Å²) in [5.41, 5.74) is 3.03. The number of rotatable bonds is 6. The molecule has 1 fully saturated rings. The van der Waals surface area contributed by atoms with Crippen molar-refractivity contribution in [3.63, 3.8) is 0 Å². The van der Waals surface area contributed by atoms with Crippen LogP contribution in [0.2, 0.25) is 0 Å². The minimum Gasteiger partial charge on any atom is -0.370 e. The smallest absolute Gasteiger partial charge is 0.370 e. The van der Waals surface area contributed by atoms with E-state index in [1.165, 1.54) is 6.07 Å². The van der Waals surface area contributed by atoms with E-state index in [-0.39, 0.29) is 0 Å². The fourth-order valence-corrected chi connectivity index (χ4v) is 4.14. The van der Waals surface area contributed by atoms with Gasteiger partial charge < -0.3 is 20.2 Å². The molecule has 0 saturated carbocycles. The van der Waals surface area contributed by atoms with Crippen molar-refractivity contribution in [3.8, 4) is 11.1 Å². The standard InChI is InChI=1S/C26H28F3N3O/c1-31(2)24-14-15-32(17-24)23-12-10-22(11-13-23)30-25(33)19-8-6-18(7-9-19)20-4-3-5-21(16-20)26(27,28)29/h3-13,16,24-25,30,33H,14-15,17H2,1-2H3. The molecule has 1 saturated heterocycles. The van der Waals surface area contributed by atoms with Crippen LogP contribution in [-0.4, -0.2) is 43.2 Å². The second-order valence-corrected chi connectivity index (χ2v) is 8.65. The molecule has 174 valence electrons. The van der Waals surface area contributed by atoms with Crippen LogP contribution in [0.3, 0.4) is 0 Å². The van der Waals surface area contributed by atoms with Crippen molar-refractivity contribution in [2.75, 3.05) is 37.4 Å². The summed E-state index contributed by atoms with van der Waals surface area (Å²) in [4.78, 5) is 4.61. The molecule has 1 aliphatic heterocycles. The van der Waals surface area contributed by atoms with E-state index in [4.69, 9.17) is 0 Å². The van der Waals surface area contributed by atoms with E-state index in [2.05, 4.69) is 29.2 Å². The van der Waals surface area contributed by atoms with Gasteiger partial charge in [-0.15, -0.1) is 0 Å². The number of nitrogens with one attached hydrogen (secondary N) is 1. The maximum atomic E-state index is 13.0. The Balaban J connectivity index is 1.40. The van der Waals surface area contributed by atoms with Gasteiger partial charge in [0.15, 0.2) is 6.23 Å². The molecule has 1 aliphatic rings. The van der Waals surface area contributed by atoms with Gasteiger partial charge in [-0.25, -0.2) is 0 Å². The molecule has 7 heteroatoms. The summed E-state index contributed by atoms with van der Waals surface area (Å²) in [6.45, 7) is 2.02. The molecule has 2 unspecified atom stereocenters. The van der Waals surface area contributed by atoms with Crippen LogP contribution in [0.1, 0.15) is 23.8 Å². The molecular formula is C26H28F3N3O. The summed E-state index contributed by atoms with van der Waals surface area (Å²) < 4.78 is 38.9. The molecule has 2 N–H and O–H groups in total. The minimum absolute atomic E-state index is 0.479. The lowest BCUT2D eigenvalue weighted by atomic mass is 10.0. The molecule has 4 nitrogen and oxygen atoms in total. The van der Waals surface area contributed by atoms with Gasteiger partial charge in [-0.1, -0.05) is 36.4 Å². The highest BCUT2D eigenvalue weighted by Crippen LogP contribution is 2.32. The normalized spacial score (nSPS) is 17.4. The fraction of sp³-hybridized carbons (Fsp3) is 0.308. The number of benzene rings is 3. The second-order valence-electron chi connectivity index (χ2n) is 8.65. The quantitative estimate of drug-likeness (QED) is 0.474.